The molecule has 0 aromatic heterocycles. The van der Waals surface area contributed by atoms with E-state index in [9.17, 15) is 4.79 Å². The molecule has 0 aliphatic carbocycles. The van der Waals surface area contributed by atoms with Crippen LogP contribution in [0.5, 0.6) is 0 Å². The first-order valence-electron chi connectivity index (χ1n) is 4.68. The van der Waals surface area contributed by atoms with Crippen LogP contribution >= 0.6 is 0 Å². The minimum atomic E-state index is -0.493. The minimum Gasteiger partial charge on any atom is -0.369 e. The number of hydrogen-bond acceptors (Lipinski definition) is 3. The molecule has 0 spiro atoms. The van der Waals surface area contributed by atoms with E-state index < -0.39 is 6.04 Å². The number of hydrogen-bond donors (Lipinski definition) is 2. The van der Waals surface area contributed by atoms with E-state index >= 15 is 0 Å². The number of rotatable bonds is 4. The van der Waals surface area contributed by atoms with Gasteiger partial charge in [0.1, 0.15) is 6.04 Å². The summed E-state index contributed by atoms with van der Waals surface area (Å²) in [5, 5.41) is 14.3. The smallest absolute Gasteiger partial charge is 0.222 e. The number of carbonyl (C=O) groups is 1. The second-order valence-electron chi connectivity index (χ2n) is 3.07. The van der Waals surface area contributed by atoms with E-state index in [-0.39, 0.29) is 12.3 Å². The van der Waals surface area contributed by atoms with Gasteiger partial charge < -0.3 is 10.6 Å². The lowest BCUT2D eigenvalue weighted by atomic mass is 10.2. The summed E-state index contributed by atoms with van der Waals surface area (Å²) in [6.07, 6.45) is 0.155. The average molecular weight is 203 g/mol. The molecule has 0 radical (unpaired) electrons. The average Bonchev–Trinajstić information content (AvgIpc) is 2.29. The number of para-hydroxylation sites is 1. The molecule has 0 aliphatic heterocycles. The first-order valence-corrected chi connectivity index (χ1v) is 4.68. The quantitative estimate of drug-likeness (QED) is 0.770. The molecule has 1 amide bonds. The third kappa shape index (κ3) is 3.69. The second-order valence-corrected chi connectivity index (χ2v) is 3.07. The van der Waals surface area contributed by atoms with Gasteiger partial charge in [-0.2, -0.15) is 5.26 Å². The van der Waals surface area contributed by atoms with Gasteiger partial charge in [-0.1, -0.05) is 18.2 Å². The van der Waals surface area contributed by atoms with Gasteiger partial charge in [-0.05, 0) is 12.1 Å². The van der Waals surface area contributed by atoms with Gasteiger partial charge in [0.15, 0.2) is 0 Å². The first-order chi connectivity index (χ1) is 7.26. The summed E-state index contributed by atoms with van der Waals surface area (Å²) in [7, 11) is 1.55. The van der Waals surface area contributed by atoms with Gasteiger partial charge in [0.25, 0.3) is 0 Å². The molecule has 4 nitrogen and oxygen atoms in total. The maximum atomic E-state index is 11.1. The van der Waals surface area contributed by atoms with Crippen LogP contribution in [0.1, 0.15) is 6.42 Å². The summed E-state index contributed by atoms with van der Waals surface area (Å²) < 4.78 is 0. The zero-order valence-electron chi connectivity index (χ0n) is 8.53. The molecule has 0 aliphatic rings. The van der Waals surface area contributed by atoms with E-state index in [0.29, 0.717) is 0 Å². The number of nitrogens with zero attached hydrogens (tertiary/aromatic N) is 1. The summed E-state index contributed by atoms with van der Waals surface area (Å²) in [6.45, 7) is 0. The first kappa shape index (κ1) is 11.1. The van der Waals surface area contributed by atoms with Crippen molar-refractivity contribution in [2.75, 3.05) is 12.4 Å². The zero-order valence-corrected chi connectivity index (χ0v) is 8.53. The Morgan fingerprint density at radius 3 is 2.67 bits per heavy atom. The van der Waals surface area contributed by atoms with Crippen molar-refractivity contribution in [2.24, 2.45) is 0 Å². The van der Waals surface area contributed by atoms with Crippen LogP contribution in [0.15, 0.2) is 30.3 Å². The van der Waals surface area contributed by atoms with Crippen LogP contribution in [0.2, 0.25) is 0 Å². The van der Waals surface area contributed by atoms with Crippen molar-refractivity contribution >= 4 is 11.6 Å². The Kier molecular flexibility index (Phi) is 4.17. The fourth-order valence-corrected chi connectivity index (χ4v) is 1.15. The highest BCUT2D eigenvalue weighted by molar-refractivity contribution is 5.77. The van der Waals surface area contributed by atoms with Gasteiger partial charge in [-0.25, -0.2) is 0 Å². The molecule has 1 aromatic carbocycles. The van der Waals surface area contributed by atoms with Gasteiger partial charge in [-0.15, -0.1) is 0 Å². The number of carbonyl (C=O) groups excluding carboxylic acids is 1. The van der Waals surface area contributed by atoms with Crippen LogP contribution in [0.3, 0.4) is 0 Å². The molecule has 2 N–H and O–H groups in total. The lowest BCUT2D eigenvalue weighted by molar-refractivity contribution is -0.120. The lowest BCUT2D eigenvalue weighted by Crippen LogP contribution is -2.27. The summed E-state index contributed by atoms with van der Waals surface area (Å²) >= 11 is 0. The number of nitriles is 1. The zero-order chi connectivity index (χ0) is 11.1. The number of amides is 1. The van der Waals surface area contributed by atoms with E-state index in [0.717, 1.165) is 5.69 Å². The Labute approximate surface area is 88.9 Å². The summed E-state index contributed by atoms with van der Waals surface area (Å²) in [5.74, 6) is -0.148. The van der Waals surface area contributed by atoms with Crippen molar-refractivity contribution in [3.63, 3.8) is 0 Å². The van der Waals surface area contributed by atoms with E-state index in [4.69, 9.17) is 5.26 Å². The van der Waals surface area contributed by atoms with Crippen LogP contribution in [-0.4, -0.2) is 19.0 Å². The predicted molar refractivity (Wildman–Crippen MR) is 58.1 cm³/mol. The second kappa shape index (κ2) is 5.66. The van der Waals surface area contributed by atoms with Crippen molar-refractivity contribution in [3.8, 4) is 6.07 Å². The molecule has 1 rings (SSSR count). The number of anilines is 1. The van der Waals surface area contributed by atoms with Gasteiger partial charge in [0.05, 0.1) is 12.5 Å². The van der Waals surface area contributed by atoms with Crippen LogP contribution in [0.25, 0.3) is 0 Å². The molecule has 0 saturated carbocycles. The molecular weight excluding hydrogens is 190 g/mol. The van der Waals surface area contributed by atoms with Gasteiger partial charge in [0.2, 0.25) is 5.91 Å². The standard InChI is InChI=1S/C11H13N3O/c1-13-11(15)7-10(8-12)14-9-5-3-2-4-6-9/h2-6,10,14H,7H2,1H3,(H,13,15). The van der Waals surface area contributed by atoms with E-state index in [1.807, 2.05) is 36.4 Å². The highest BCUT2D eigenvalue weighted by Gasteiger charge is 2.11. The van der Waals surface area contributed by atoms with Crippen molar-refractivity contribution in [1.82, 2.24) is 5.32 Å². The summed E-state index contributed by atoms with van der Waals surface area (Å²) in [4.78, 5) is 11.1. The molecule has 4 heteroatoms. The summed E-state index contributed by atoms with van der Waals surface area (Å²) in [5.41, 5.74) is 0.841. The van der Waals surface area contributed by atoms with Gasteiger partial charge >= 0.3 is 0 Å². The minimum absolute atomic E-state index is 0.148. The monoisotopic (exact) mass is 203 g/mol. The number of benzene rings is 1. The van der Waals surface area contributed by atoms with Crippen LogP contribution < -0.4 is 10.6 Å². The Morgan fingerprint density at radius 1 is 1.47 bits per heavy atom. The van der Waals surface area contributed by atoms with E-state index in [1.165, 1.54) is 0 Å². The Bertz CT molecular complexity index is 356. The highest BCUT2D eigenvalue weighted by Crippen LogP contribution is 2.08. The van der Waals surface area contributed by atoms with E-state index in [1.54, 1.807) is 7.05 Å². The maximum absolute atomic E-state index is 11.1. The van der Waals surface area contributed by atoms with Gasteiger partial charge in [-0.3, -0.25) is 4.79 Å². The van der Waals surface area contributed by atoms with Gasteiger partial charge in [0, 0.05) is 12.7 Å². The molecule has 1 aromatic rings. The Hall–Kier alpha value is -2.02. The van der Waals surface area contributed by atoms with Crippen molar-refractivity contribution in [2.45, 2.75) is 12.5 Å². The molecule has 15 heavy (non-hydrogen) atoms. The predicted octanol–water partition coefficient (Wildman–Crippen LogP) is 1.13. The molecule has 0 bridgehead atoms. The molecule has 0 heterocycles. The van der Waals surface area contributed by atoms with Crippen LogP contribution in [0.4, 0.5) is 5.69 Å². The Balaban J connectivity index is 2.55. The number of nitrogens with one attached hydrogen (secondary N) is 2. The van der Waals surface area contributed by atoms with Crippen molar-refractivity contribution < 1.29 is 4.79 Å². The molecule has 1 atom stereocenters. The molecule has 78 valence electrons. The lowest BCUT2D eigenvalue weighted by Gasteiger charge is -2.11. The summed E-state index contributed by atoms with van der Waals surface area (Å²) in [6, 6.07) is 10.9. The maximum Gasteiger partial charge on any atom is 0.222 e. The molecular formula is C11H13N3O. The SMILES string of the molecule is CNC(=O)CC(C#N)Nc1ccccc1. The third-order valence-electron chi connectivity index (χ3n) is 1.94. The molecule has 0 saturated heterocycles. The Morgan fingerprint density at radius 2 is 2.13 bits per heavy atom. The third-order valence-corrected chi connectivity index (χ3v) is 1.94. The van der Waals surface area contributed by atoms with Crippen molar-refractivity contribution in [1.29, 1.82) is 5.26 Å². The normalized spacial score (nSPS) is 11.2. The van der Waals surface area contributed by atoms with Crippen LogP contribution in [0, 0.1) is 11.3 Å². The van der Waals surface area contributed by atoms with Crippen molar-refractivity contribution in [3.05, 3.63) is 30.3 Å². The molecule has 0 fully saturated rings. The fraction of sp³-hybridized carbons (Fsp3) is 0.273. The van der Waals surface area contributed by atoms with E-state index in [2.05, 4.69) is 10.6 Å². The highest BCUT2D eigenvalue weighted by atomic mass is 16.1. The molecule has 1 unspecified atom stereocenters. The topological polar surface area (TPSA) is 64.9 Å². The van der Waals surface area contributed by atoms with Crippen LogP contribution in [-0.2, 0) is 4.79 Å². The largest absolute Gasteiger partial charge is 0.369 e. The fourth-order valence-electron chi connectivity index (χ4n) is 1.15.